The van der Waals surface area contributed by atoms with E-state index in [1.54, 1.807) is 18.2 Å². The van der Waals surface area contributed by atoms with E-state index < -0.39 is 11.9 Å². The van der Waals surface area contributed by atoms with Crippen LogP contribution in [-0.2, 0) is 4.79 Å². The second-order valence-corrected chi connectivity index (χ2v) is 4.72. The third-order valence-electron chi connectivity index (χ3n) is 2.37. The molecule has 0 unspecified atom stereocenters. The molecule has 0 saturated heterocycles. The minimum Gasteiger partial charge on any atom is -0.481 e. The molecule has 1 aromatic carbocycles. The Kier molecular flexibility index (Phi) is 3.89. The Bertz CT molecular complexity index is 670. The molecule has 0 bridgehead atoms. The molecule has 0 aliphatic rings. The highest BCUT2D eigenvalue weighted by molar-refractivity contribution is 7.99. The van der Waals surface area contributed by atoms with Crippen molar-refractivity contribution in [3.05, 3.63) is 29.8 Å². The lowest BCUT2D eigenvalue weighted by Gasteiger charge is -2.08. The molecule has 0 saturated carbocycles. The standard InChI is InChI=1S/C11H11N5O3S/c12-9(19)6-2-1-3-7(4-6)16-10(13)14-15-11(16)20-5-8(17)18/h1-4H,5H2,(H2,12,19)(H2,13,14)(H,17,18). The van der Waals surface area contributed by atoms with Gasteiger partial charge in [0.2, 0.25) is 11.9 Å². The number of carboxylic acid groups (broad SMARTS) is 1. The number of hydrogen-bond acceptors (Lipinski definition) is 6. The summed E-state index contributed by atoms with van der Waals surface area (Å²) in [5, 5.41) is 16.5. The van der Waals surface area contributed by atoms with Crippen LogP contribution in [0.4, 0.5) is 5.95 Å². The Labute approximate surface area is 117 Å². The summed E-state index contributed by atoms with van der Waals surface area (Å²) in [7, 11) is 0. The summed E-state index contributed by atoms with van der Waals surface area (Å²) in [4.78, 5) is 21.8. The summed E-state index contributed by atoms with van der Waals surface area (Å²) in [6.07, 6.45) is 0. The molecule has 9 heteroatoms. The van der Waals surface area contributed by atoms with E-state index in [4.69, 9.17) is 16.6 Å². The Morgan fingerprint density at radius 2 is 2.10 bits per heavy atom. The van der Waals surface area contributed by atoms with Crippen molar-refractivity contribution in [2.45, 2.75) is 5.16 Å². The highest BCUT2D eigenvalue weighted by Gasteiger charge is 2.14. The molecular weight excluding hydrogens is 282 g/mol. The third kappa shape index (κ3) is 2.88. The monoisotopic (exact) mass is 293 g/mol. The summed E-state index contributed by atoms with van der Waals surface area (Å²) in [6.45, 7) is 0. The molecule has 1 heterocycles. The third-order valence-corrected chi connectivity index (χ3v) is 3.29. The van der Waals surface area contributed by atoms with E-state index in [1.165, 1.54) is 10.6 Å². The lowest BCUT2D eigenvalue weighted by atomic mass is 10.2. The number of aromatic nitrogens is 3. The predicted molar refractivity (Wildman–Crippen MR) is 72.6 cm³/mol. The number of amides is 1. The average Bonchev–Trinajstić information content (AvgIpc) is 2.77. The number of thioether (sulfide) groups is 1. The van der Waals surface area contributed by atoms with Crippen LogP contribution in [-0.4, -0.2) is 37.5 Å². The van der Waals surface area contributed by atoms with Crippen LogP contribution in [0.15, 0.2) is 29.4 Å². The summed E-state index contributed by atoms with van der Waals surface area (Å²) >= 11 is 0.979. The van der Waals surface area contributed by atoms with Crippen LogP contribution in [0, 0.1) is 0 Å². The summed E-state index contributed by atoms with van der Waals surface area (Å²) in [6, 6.07) is 6.43. The molecule has 0 spiro atoms. The maximum absolute atomic E-state index is 11.2. The molecule has 2 rings (SSSR count). The SMILES string of the molecule is NC(=O)c1cccc(-n2c(N)nnc2SCC(=O)O)c1. The molecule has 2 aromatic rings. The Morgan fingerprint density at radius 3 is 2.75 bits per heavy atom. The average molecular weight is 293 g/mol. The molecule has 104 valence electrons. The Balaban J connectivity index is 2.41. The number of nitrogen functional groups attached to an aromatic ring is 1. The number of primary amides is 1. The van der Waals surface area contributed by atoms with Crippen molar-refractivity contribution in [2.75, 3.05) is 11.5 Å². The van der Waals surface area contributed by atoms with Crippen molar-refractivity contribution in [1.82, 2.24) is 14.8 Å². The minimum atomic E-state index is -0.978. The number of aliphatic carboxylic acids is 1. The van der Waals surface area contributed by atoms with Crippen molar-refractivity contribution in [2.24, 2.45) is 5.73 Å². The van der Waals surface area contributed by atoms with Gasteiger partial charge in [-0.15, -0.1) is 10.2 Å². The van der Waals surface area contributed by atoms with Gasteiger partial charge < -0.3 is 16.6 Å². The van der Waals surface area contributed by atoms with Gasteiger partial charge in [-0.1, -0.05) is 17.8 Å². The maximum Gasteiger partial charge on any atom is 0.313 e. The molecule has 0 aliphatic carbocycles. The first-order valence-corrected chi connectivity index (χ1v) is 6.43. The van der Waals surface area contributed by atoms with Gasteiger partial charge in [-0.25, -0.2) is 0 Å². The Hall–Kier alpha value is -2.55. The van der Waals surface area contributed by atoms with Crippen LogP contribution in [0.25, 0.3) is 5.69 Å². The van der Waals surface area contributed by atoms with Crippen molar-refractivity contribution in [3.63, 3.8) is 0 Å². The first kappa shape index (κ1) is 13.9. The van der Waals surface area contributed by atoms with E-state index in [9.17, 15) is 9.59 Å². The van der Waals surface area contributed by atoms with Crippen LogP contribution in [0.5, 0.6) is 0 Å². The van der Waals surface area contributed by atoms with E-state index in [-0.39, 0.29) is 11.7 Å². The zero-order chi connectivity index (χ0) is 14.7. The van der Waals surface area contributed by atoms with Gasteiger partial charge in [-0.2, -0.15) is 0 Å². The molecule has 0 atom stereocenters. The van der Waals surface area contributed by atoms with Crippen LogP contribution in [0.3, 0.4) is 0 Å². The van der Waals surface area contributed by atoms with Gasteiger partial charge in [0.15, 0.2) is 5.16 Å². The normalized spacial score (nSPS) is 10.4. The predicted octanol–water partition coefficient (Wildman–Crippen LogP) is 0.125. The highest BCUT2D eigenvalue weighted by Crippen LogP contribution is 2.23. The second-order valence-electron chi connectivity index (χ2n) is 3.77. The molecule has 1 aromatic heterocycles. The van der Waals surface area contributed by atoms with Gasteiger partial charge in [0.05, 0.1) is 11.4 Å². The van der Waals surface area contributed by atoms with Gasteiger partial charge in [0.25, 0.3) is 0 Å². The zero-order valence-electron chi connectivity index (χ0n) is 10.2. The zero-order valence-corrected chi connectivity index (χ0v) is 11.0. The molecule has 20 heavy (non-hydrogen) atoms. The number of anilines is 1. The van der Waals surface area contributed by atoms with Crippen molar-refractivity contribution in [1.29, 1.82) is 0 Å². The van der Waals surface area contributed by atoms with Crippen LogP contribution >= 0.6 is 11.8 Å². The lowest BCUT2D eigenvalue weighted by molar-refractivity contribution is -0.133. The number of carboxylic acids is 1. The van der Waals surface area contributed by atoms with Gasteiger partial charge in [0, 0.05) is 5.56 Å². The van der Waals surface area contributed by atoms with Gasteiger partial charge in [-0.3, -0.25) is 14.2 Å². The van der Waals surface area contributed by atoms with Gasteiger partial charge in [-0.05, 0) is 18.2 Å². The smallest absolute Gasteiger partial charge is 0.313 e. The molecule has 5 N–H and O–H groups in total. The quantitative estimate of drug-likeness (QED) is 0.666. The van der Waals surface area contributed by atoms with Crippen LogP contribution in [0.2, 0.25) is 0 Å². The number of nitrogens with zero attached hydrogens (tertiary/aromatic N) is 3. The fraction of sp³-hybridized carbons (Fsp3) is 0.0909. The van der Waals surface area contributed by atoms with Crippen molar-refractivity contribution < 1.29 is 14.7 Å². The fourth-order valence-electron chi connectivity index (χ4n) is 1.54. The molecule has 0 radical (unpaired) electrons. The number of benzene rings is 1. The lowest BCUT2D eigenvalue weighted by Crippen LogP contribution is -2.12. The highest BCUT2D eigenvalue weighted by atomic mass is 32.2. The van der Waals surface area contributed by atoms with Gasteiger partial charge >= 0.3 is 5.97 Å². The van der Waals surface area contributed by atoms with E-state index >= 15 is 0 Å². The topological polar surface area (TPSA) is 137 Å². The molecule has 1 amide bonds. The number of nitrogens with two attached hydrogens (primary N) is 2. The molecule has 0 fully saturated rings. The van der Waals surface area contributed by atoms with Crippen LogP contribution < -0.4 is 11.5 Å². The number of carbonyl (C=O) groups excluding carboxylic acids is 1. The minimum absolute atomic E-state index is 0.0968. The van der Waals surface area contributed by atoms with Crippen molar-refractivity contribution >= 4 is 29.6 Å². The number of rotatable bonds is 5. The van der Waals surface area contributed by atoms with E-state index in [1.807, 2.05) is 0 Å². The molecule has 8 nitrogen and oxygen atoms in total. The van der Waals surface area contributed by atoms with E-state index in [0.717, 1.165) is 11.8 Å². The molecule has 0 aliphatic heterocycles. The Morgan fingerprint density at radius 1 is 1.35 bits per heavy atom. The largest absolute Gasteiger partial charge is 0.481 e. The van der Waals surface area contributed by atoms with Crippen LogP contribution in [0.1, 0.15) is 10.4 Å². The van der Waals surface area contributed by atoms with E-state index in [0.29, 0.717) is 16.4 Å². The van der Waals surface area contributed by atoms with Crippen molar-refractivity contribution in [3.8, 4) is 5.69 Å². The second kappa shape index (κ2) is 5.61. The first-order chi connectivity index (χ1) is 9.49. The summed E-state index contributed by atoms with van der Waals surface area (Å²) in [5.41, 5.74) is 11.8. The maximum atomic E-state index is 11.2. The van der Waals surface area contributed by atoms with E-state index in [2.05, 4.69) is 10.2 Å². The fourth-order valence-corrected chi connectivity index (χ4v) is 2.22. The summed E-state index contributed by atoms with van der Waals surface area (Å²) in [5.74, 6) is -1.63. The molecular formula is C11H11N5O3S. The van der Waals surface area contributed by atoms with Gasteiger partial charge in [0.1, 0.15) is 0 Å². The number of carbonyl (C=O) groups is 2. The summed E-state index contributed by atoms with van der Waals surface area (Å²) < 4.78 is 1.46. The number of hydrogen-bond donors (Lipinski definition) is 3. The first-order valence-electron chi connectivity index (χ1n) is 5.44.